The van der Waals surface area contributed by atoms with Crippen molar-refractivity contribution in [3.8, 4) is 11.5 Å². The molecule has 0 atom stereocenters. The number of nitrogens with one attached hydrogen (secondary N) is 1. The van der Waals surface area contributed by atoms with Gasteiger partial charge in [0.15, 0.2) is 11.5 Å². The van der Waals surface area contributed by atoms with Crippen molar-refractivity contribution in [2.24, 2.45) is 0 Å². The molecule has 0 bridgehead atoms. The highest BCUT2D eigenvalue weighted by Gasteiger charge is 2.01. The van der Waals surface area contributed by atoms with Gasteiger partial charge in [-0.05, 0) is 49.1 Å². The van der Waals surface area contributed by atoms with E-state index in [9.17, 15) is 5.11 Å². The van der Waals surface area contributed by atoms with Crippen LogP contribution < -0.4 is 10.1 Å². The van der Waals surface area contributed by atoms with Crippen LogP contribution in [-0.2, 0) is 6.54 Å². The van der Waals surface area contributed by atoms with E-state index in [1.54, 1.807) is 19.2 Å². The summed E-state index contributed by atoms with van der Waals surface area (Å²) in [6, 6.07) is 5.50. The molecule has 0 aromatic heterocycles. The monoisotopic (exact) mass is 255 g/mol. The molecule has 2 N–H and O–H groups in total. The first-order valence-corrected chi connectivity index (χ1v) is 7.23. The second kappa shape index (κ2) is 8.25. The summed E-state index contributed by atoms with van der Waals surface area (Å²) in [5.41, 5.74) is 1.08. The lowest BCUT2D eigenvalue weighted by Crippen LogP contribution is -2.14. The van der Waals surface area contributed by atoms with Gasteiger partial charge < -0.3 is 15.2 Å². The van der Waals surface area contributed by atoms with Crippen LogP contribution >= 0.6 is 11.8 Å². The van der Waals surface area contributed by atoms with Crippen LogP contribution in [0.1, 0.15) is 18.4 Å². The Balaban J connectivity index is 2.25. The van der Waals surface area contributed by atoms with Crippen LogP contribution in [0.4, 0.5) is 0 Å². The van der Waals surface area contributed by atoms with Gasteiger partial charge in [0.2, 0.25) is 0 Å². The largest absolute Gasteiger partial charge is 0.504 e. The molecule has 1 aromatic rings. The number of ether oxygens (including phenoxy) is 1. The topological polar surface area (TPSA) is 41.5 Å². The summed E-state index contributed by atoms with van der Waals surface area (Å²) < 4.78 is 5.00. The molecule has 0 heterocycles. The van der Waals surface area contributed by atoms with E-state index in [1.165, 1.54) is 18.6 Å². The van der Waals surface area contributed by atoms with E-state index in [2.05, 4.69) is 11.6 Å². The van der Waals surface area contributed by atoms with E-state index in [0.29, 0.717) is 5.75 Å². The number of hydrogen-bond acceptors (Lipinski definition) is 4. The molecule has 0 spiro atoms. The smallest absolute Gasteiger partial charge is 0.160 e. The van der Waals surface area contributed by atoms with Gasteiger partial charge in [0.25, 0.3) is 0 Å². The second-order valence-electron chi connectivity index (χ2n) is 3.88. The summed E-state index contributed by atoms with van der Waals surface area (Å²) in [6.07, 6.45) is 4.58. The molecule has 0 fully saturated rings. The maximum atomic E-state index is 9.61. The molecule has 0 aliphatic carbocycles. The number of aromatic hydroxyl groups is 1. The molecule has 4 heteroatoms. The highest BCUT2D eigenvalue weighted by Crippen LogP contribution is 2.25. The first-order valence-electron chi connectivity index (χ1n) is 5.83. The third-order valence-electron chi connectivity index (χ3n) is 2.52. The number of hydrogen-bond donors (Lipinski definition) is 2. The predicted octanol–water partition coefficient (Wildman–Crippen LogP) is 2.63. The number of benzene rings is 1. The zero-order valence-electron chi connectivity index (χ0n) is 10.5. The number of rotatable bonds is 8. The third kappa shape index (κ3) is 5.33. The van der Waals surface area contributed by atoms with Crippen LogP contribution in [0.3, 0.4) is 0 Å². The van der Waals surface area contributed by atoms with Gasteiger partial charge in [-0.1, -0.05) is 6.07 Å². The summed E-state index contributed by atoms with van der Waals surface area (Å²) >= 11 is 1.89. The van der Waals surface area contributed by atoms with Crippen molar-refractivity contribution in [3.63, 3.8) is 0 Å². The Hall–Kier alpha value is -0.870. The normalized spacial score (nSPS) is 10.5. The van der Waals surface area contributed by atoms with Crippen LogP contribution in [0.5, 0.6) is 11.5 Å². The Kier molecular flexibility index (Phi) is 6.89. The summed E-state index contributed by atoms with van der Waals surface area (Å²) in [4.78, 5) is 0. The highest BCUT2D eigenvalue weighted by atomic mass is 32.2. The number of methoxy groups -OCH3 is 1. The fourth-order valence-corrected chi connectivity index (χ4v) is 2.07. The minimum atomic E-state index is 0.203. The number of thioether (sulfide) groups is 1. The number of unbranched alkanes of at least 4 members (excludes halogenated alkanes) is 1. The summed E-state index contributed by atoms with van der Waals surface area (Å²) in [6.45, 7) is 1.81. The first kappa shape index (κ1) is 14.2. The van der Waals surface area contributed by atoms with Gasteiger partial charge in [0.05, 0.1) is 7.11 Å². The quantitative estimate of drug-likeness (QED) is 0.701. The Morgan fingerprint density at radius 2 is 2.18 bits per heavy atom. The van der Waals surface area contributed by atoms with Gasteiger partial charge in [-0.25, -0.2) is 0 Å². The van der Waals surface area contributed by atoms with Crippen LogP contribution in [0.15, 0.2) is 18.2 Å². The summed E-state index contributed by atoms with van der Waals surface area (Å²) in [7, 11) is 1.55. The maximum Gasteiger partial charge on any atom is 0.160 e. The van der Waals surface area contributed by atoms with E-state index in [-0.39, 0.29) is 5.75 Å². The molecule has 0 aliphatic rings. The average Bonchev–Trinajstić information content (AvgIpc) is 2.34. The molecule has 0 aliphatic heterocycles. The Bertz CT molecular complexity index is 331. The van der Waals surface area contributed by atoms with E-state index >= 15 is 0 Å². The molecule has 0 unspecified atom stereocenters. The van der Waals surface area contributed by atoms with E-state index in [0.717, 1.165) is 18.7 Å². The van der Waals surface area contributed by atoms with Gasteiger partial charge in [-0.15, -0.1) is 0 Å². The van der Waals surface area contributed by atoms with Gasteiger partial charge in [-0.3, -0.25) is 0 Å². The predicted molar refractivity (Wildman–Crippen MR) is 74.0 cm³/mol. The van der Waals surface area contributed by atoms with Gasteiger partial charge in [-0.2, -0.15) is 11.8 Å². The maximum absolute atomic E-state index is 9.61. The zero-order valence-corrected chi connectivity index (χ0v) is 11.3. The zero-order chi connectivity index (χ0) is 12.5. The lowest BCUT2D eigenvalue weighted by atomic mass is 10.2. The van der Waals surface area contributed by atoms with Crippen LogP contribution in [-0.4, -0.2) is 30.8 Å². The Labute approximate surface area is 108 Å². The molecular formula is C13H21NO2S. The van der Waals surface area contributed by atoms with Crippen LogP contribution in [0.25, 0.3) is 0 Å². The molecule has 0 saturated heterocycles. The first-order chi connectivity index (χ1) is 8.27. The number of phenols is 1. The summed E-state index contributed by atoms with van der Waals surface area (Å²) in [5, 5.41) is 13.0. The molecule has 0 saturated carbocycles. The third-order valence-corrected chi connectivity index (χ3v) is 3.22. The molecule has 1 aromatic carbocycles. The highest BCUT2D eigenvalue weighted by molar-refractivity contribution is 7.98. The Morgan fingerprint density at radius 3 is 2.82 bits per heavy atom. The Morgan fingerprint density at radius 1 is 1.35 bits per heavy atom. The van der Waals surface area contributed by atoms with Crippen molar-refractivity contribution in [3.05, 3.63) is 23.8 Å². The van der Waals surface area contributed by atoms with Crippen molar-refractivity contribution in [2.45, 2.75) is 19.4 Å². The summed E-state index contributed by atoms with van der Waals surface area (Å²) in [5.74, 6) is 1.95. The van der Waals surface area contributed by atoms with Gasteiger partial charge in [0, 0.05) is 6.54 Å². The molecular weight excluding hydrogens is 234 g/mol. The average molecular weight is 255 g/mol. The molecule has 0 amide bonds. The fourth-order valence-electron chi connectivity index (χ4n) is 1.57. The SMILES string of the molecule is COc1ccc(CNCCCCSC)cc1O. The van der Waals surface area contributed by atoms with Crippen molar-refractivity contribution in [1.29, 1.82) is 0 Å². The molecule has 96 valence electrons. The van der Waals surface area contributed by atoms with E-state index < -0.39 is 0 Å². The minimum Gasteiger partial charge on any atom is -0.504 e. The molecule has 0 radical (unpaired) electrons. The lowest BCUT2D eigenvalue weighted by molar-refractivity contribution is 0.373. The minimum absolute atomic E-state index is 0.203. The van der Waals surface area contributed by atoms with Crippen molar-refractivity contribution in [1.82, 2.24) is 5.32 Å². The van der Waals surface area contributed by atoms with E-state index in [1.807, 2.05) is 17.8 Å². The lowest BCUT2D eigenvalue weighted by Gasteiger charge is -2.07. The van der Waals surface area contributed by atoms with Crippen molar-refractivity contribution >= 4 is 11.8 Å². The van der Waals surface area contributed by atoms with Crippen molar-refractivity contribution in [2.75, 3.05) is 25.7 Å². The fraction of sp³-hybridized carbons (Fsp3) is 0.538. The molecule has 3 nitrogen and oxygen atoms in total. The van der Waals surface area contributed by atoms with Crippen LogP contribution in [0.2, 0.25) is 0 Å². The molecule has 1 rings (SSSR count). The van der Waals surface area contributed by atoms with Gasteiger partial charge in [0.1, 0.15) is 0 Å². The number of phenolic OH excluding ortho intramolecular Hbond substituents is 1. The van der Waals surface area contributed by atoms with Crippen molar-refractivity contribution < 1.29 is 9.84 Å². The van der Waals surface area contributed by atoms with Gasteiger partial charge >= 0.3 is 0 Å². The molecule has 17 heavy (non-hydrogen) atoms. The standard InChI is InChI=1S/C13H21NO2S/c1-16-13-6-5-11(9-12(13)15)10-14-7-3-4-8-17-2/h5-6,9,14-15H,3-4,7-8,10H2,1-2H3. The van der Waals surface area contributed by atoms with E-state index in [4.69, 9.17) is 4.74 Å². The second-order valence-corrected chi connectivity index (χ2v) is 4.87. The van der Waals surface area contributed by atoms with Crippen LogP contribution in [0, 0.1) is 0 Å².